The van der Waals surface area contributed by atoms with E-state index in [0.717, 1.165) is 23.2 Å². The van der Waals surface area contributed by atoms with Crippen LogP contribution in [0.2, 0.25) is 4.34 Å². The highest BCUT2D eigenvalue weighted by Crippen LogP contribution is 2.29. The fourth-order valence-corrected chi connectivity index (χ4v) is 3.59. The third-order valence-electron chi connectivity index (χ3n) is 2.51. The lowest BCUT2D eigenvalue weighted by atomic mass is 10.2. The first-order valence-electron chi connectivity index (χ1n) is 5.94. The zero-order valence-corrected chi connectivity index (χ0v) is 12.7. The number of hydrogen-bond acceptors (Lipinski definition) is 3. The molecular weight excluding hydrogens is 282 g/mol. The molecule has 0 fully saturated rings. The van der Waals surface area contributed by atoms with Crippen molar-refractivity contribution in [2.24, 2.45) is 0 Å². The van der Waals surface area contributed by atoms with Gasteiger partial charge in [0.15, 0.2) is 0 Å². The highest BCUT2D eigenvalue weighted by atomic mass is 35.5. The average molecular weight is 298 g/mol. The molecule has 2 rings (SSSR count). The zero-order valence-electron chi connectivity index (χ0n) is 10.3. The first-order chi connectivity index (χ1) is 8.78. The van der Waals surface area contributed by atoms with Crippen LogP contribution in [0.1, 0.15) is 17.4 Å². The summed E-state index contributed by atoms with van der Waals surface area (Å²) in [5, 5.41) is 3.32. The molecule has 1 nitrogen and oxygen atoms in total. The Kier molecular flexibility index (Phi) is 5.57. The largest absolute Gasteiger partial charge is 0.313 e. The molecular formula is C14H16ClNS2. The standard InChI is InChI=1S/C14H16ClNS2/c1-2-16-9-11-3-5-12(6-4-11)17-10-13-7-8-14(15)18-13/h3-8,16H,2,9-10H2,1H3. The van der Waals surface area contributed by atoms with Gasteiger partial charge in [-0.25, -0.2) is 0 Å². The third kappa shape index (κ3) is 4.32. The molecule has 1 heterocycles. The Bertz CT molecular complexity index is 479. The van der Waals surface area contributed by atoms with E-state index in [2.05, 4.69) is 42.6 Å². The molecule has 0 atom stereocenters. The van der Waals surface area contributed by atoms with Crippen molar-refractivity contribution in [1.29, 1.82) is 0 Å². The number of rotatable bonds is 6. The molecule has 2 aromatic rings. The third-order valence-corrected chi connectivity index (χ3v) is 4.99. The van der Waals surface area contributed by atoms with Crippen molar-refractivity contribution in [3.63, 3.8) is 0 Å². The van der Waals surface area contributed by atoms with Crippen molar-refractivity contribution in [2.75, 3.05) is 6.54 Å². The van der Waals surface area contributed by atoms with Crippen LogP contribution in [0.5, 0.6) is 0 Å². The van der Waals surface area contributed by atoms with Gasteiger partial charge in [0, 0.05) is 22.1 Å². The van der Waals surface area contributed by atoms with Gasteiger partial charge in [-0.2, -0.15) is 0 Å². The molecule has 0 saturated carbocycles. The van der Waals surface area contributed by atoms with Gasteiger partial charge in [0.1, 0.15) is 0 Å². The Morgan fingerprint density at radius 2 is 1.94 bits per heavy atom. The molecule has 1 N–H and O–H groups in total. The lowest BCUT2D eigenvalue weighted by Gasteiger charge is -2.04. The van der Waals surface area contributed by atoms with Crippen LogP contribution in [-0.4, -0.2) is 6.54 Å². The number of thioether (sulfide) groups is 1. The van der Waals surface area contributed by atoms with E-state index in [9.17, 15) is 0 Å². The van der Waals surface area contributed by atoms with E-state index in [0.29, 0.717) is 0 Å². The first-order valence-corrected chi connectivity index (χ1v) is 8.12. The van der Waals surface area contributed by atoms with E-state index >= 15 is 0 Å². The second-order valence-electron chi connectivity index (χ2n) is 3.92. The summed E-state index contributed by atoms with van der Waals surface area (Å²) in [6.07, 6.45) is 0. The molecule has 0 aliphatic rings. The lowest BCUT2D eigenvalue weighted by Crippen LogP contribution is -2.11. The topological polar surface area (TPSA) is 12.0 Å². The Labute approximate surface area is 122 Å². The normalized spacial score (nSPS) is 10.8. The summed E-state index contributed by atoms with van der Waals surface area (Å²) in [6, 6.07) is 12.8. The molecule has 1 aromatic heterocycles. The van der Waals surface area contributed by atoms with Crippen LogP contribution in [0.15, 0.2) is 41.3 Å². The van der Waals surface area contributed by atoms with Crippen molar-refractivity contribution >= 4 is 34.7 Å². The molecule has 0 saturated heterocycles. The summed E-state index contributed by atoms with van der Waals surface area (Å²) in [4.78, 5) is 2.63. The number of halogens is 1. The zero-order chi connectivity index (χ0) is 12.8. The van der Waals surface area contributed by atoms with Crippen molar-refractivity contribution in [3.05, 3.63) is 51.2 Å². The summed E-state index contributed by atoms with van der Waals surface area (Å²) >= 11 is 9.42. The number of nitrogens with one attached hydrogen (secondary N) is 1. The highest BCUT2D eigenvalue weighted by Gasteiger charge is 2.00. The predicted molar refractivity (Wildman–Crippen MR) is 82.7 cm³/mol. The maximum Gasteiger partial charge on any atom is 0.0931 e. The van der Waals surface area contributed by atoms with Crippen molar-refractivity contribution in [1.82, 2.24) is 5.32 Å². The Morgan fingerprint density at radius 3 is 2.56 bits per heavy atom. The van der Waals surface area contributed by atoms with E-state index in [4.69, 9.17) is 11.6 Å². The minimum Gasteiger partial charge on any atom is -0.313 e. The van der Waals surface area contributed by atoms with E-state index in [-0.39, 0.29) is 0 Å². The van der Waals surface area contributed by atoms with Gasteiger partial charge in [0.2, 0.25) is 0 Å². The van der Waals surface area contributed by atoms with Crippen molar-refractivity contribution < 1.29 is 0 Å². The second-order valence-corrected chi connectivity index (χ2v) is 6.77. The van der Waals surface area contributed by atoms with Gasteiger partial charge in [-0.15, -0.1) is 23.1 Å². The van der Waals surface area contributed by atoms with Crippen molar-refractivity contribution in [3.8, 4) is 0 Å². The molecule has 0 aliphatic heterocycles. The summed E-state index contributed by atoms with van der Waals surface area (Å²) in [6.45, 7) is 4.08. The minimum absolute atomic E-state index is 0.867. The molecule has 0 bridgehead atoms. The average Bonchev–Trinajstić information content (AvgIpc) is 2.81. The Balaban J connectivity index is 1.86. The SMILES string of the molecule is CCNCc1ccc(SCc2ccc(Cl)s2)cc1. The van der Waals surface area contributed by atoms with Crippen LogP contribution < -0.4 is 5.32 Å². The van der Waals surface area contributed by atoms with Gasteiger partial charge in [-0.1, -0.05) is 30.7 Å². The van der Waals surface area contributed by atoms with Gasteiger partial charge >= 0.3 is 0 Å². The first kappa shape index (κ1) is 13.9. The van der Waals surface area contributed by atoms with Gasteiger partial charge in [-0.05, 0) is 36.4 Å². The minimum atomic E-state index is 0.867. The van der Waals surface area contributed by atoms with Crippen LogP contribution in [0.4, 0.5) is 0 Å². The fraction of sp³-hybridized carbons (Fsp3) is 0.286. The quantitative estimate of drug-likeness (QED) is 0.768. The number of hydrogen-bond donors (Lipinski definition) is 1. The summed E-state index contributed by atoms with van der Waals surface area (Å²) in [5.41, 5.74) is 1.33. The van der Waals surface area contributed by atoms with E-state index in [1.165, 1.54) is 15.3 Å². The molecule has 18 heavy (non-hydrogen) atoms. The lowest BCUT2D eigenvalue weighted by molar-refractivity contribution is 0.726. The maximum atomic E-state index is 5.91. The molecule has 0 aliphatic carbocycles. The smallest absolute Gasteiger partial charge is 0.0931 e. The maximum absolute atomic E-state index is 5.91. The molecule has 0 radical (unpaired) electrons. The van der Waals surface area contributed by atoms with E-state index in [1.54, 1.807) is 11.3 Å². The fourth-order valence-electron chi connectivity index (χ4n) is 1.56. The molecule has 1 aromatic carbocycles. The van der Waals surface area contributed by atoms with Crippen LogP contribution in [0.25, 0.3) is 0 Å². The van der Waals surface area contributed by atoms with Gasteiger partial charge < -0.3 is 5.32 Å². The highest BCUT2D eigenvalue weighted by molar-refractivity contribution is 7.98. The van der Waals surface area contributed by atoms with Gasteiger partial charge in [-0.3, -0.25) is 0 Å². The Morgan fingerprint density at radius 1 is 1.17 bits per heavy atom. The number of benzene rings is 1. The number of thiophene rings is 1. The van der Waals surface area contributed by atoms with Gasteiger partial charge in [0.25, 0.3) is 0 Å². The second kappa shape index (κ2) is 7.19. The van der Waals surface area contributed by atoms with Crippen LogP contribution >= 0.6 is 34.7 Å². The molecule has 0 amide bonds. The van der Waals surface area contributed by atoms with E-state index in [1.807, 2.05) is 17.8 Å². The summed E-state index contributed by atoms with van der Waals surface area (Å²) in [5.74, 6) is 0.990. The van der Waals surface area contributed by atoms with Crippen LogP contribution in [0, 0.1) is 0 Å². The van der Waals surface area contributed by atoms with Crippen LogP contribution in [0.3, 0.4) is 0 Å². The van der Waals surface area contributed by atoms with E-state index < -0.39 is 0 Å². The Hall–Kier alpha value is -0.480. The molecule has 4 heteroatoms. The molecule has 0 spiro atoms. The predicted octanol–water partition coefficient (Wildman–Crippen LogP) is 4.80. The summed E-state index contributed by atoms with van der Waals surface area (Å²) < 4.78 is 0.867. The molecule has 96 valence electrons. The monoisotopic (exact) mass is 297 g/mol. The summed E-state index contributed by atoms with van der Waals surface area (Å²) in [7, 11) is 0. The molecule has 0 unspecified atom stereocenters. The van der Waals surface area contributed by atoms with Crippen LogP contribution in [-0.2, 0) is 12.3 Å². The van der Waals surface area contributed by atoms with Gasteiger partial charge in [0.05, 0.1) is 4.34 Å². The van der Waals surface area contributed by atoms with Crippen molar-refractivity contribution in [2.45, 2.75) is 24.1 Å².